The number of rotatable bonds is 8. The Hall–Kier alpha value is -1.27. The number of hydrogen-bond acceptors (Lipinski definition) is 5. The molecule has 0 saturated heterocycles. The summed E-state index contributed by atoms with van der Waals surface area (Å²) in [5.74, 6) is 1.74. The SMILES string of the molecule is CCS(=O)(=O)CCCC(N)c1cc(OC)ccc1OC. The number of benzene rings is 1. The number of nitrogens with two attached hydrogens (primary N) is 1. The molecule has 0 heterocycles. The van der Waals surface area contributed by atoms with Gasteiger partial charge in [0.2, 0.25) is 0 Å². The molecule has 0 aliphatic carbocycles. The summed E-state index contributed by atoms with van der Waals surface area (Å²) in [4.78, 5) is 0. The highest BCUT2D eigenvalue weighted by Gasteiger charge is 2.15. The van der Waals surface area contributed by atoms with Crippen LogP contribution in [0.15, 0.2) is 18.2 Å². The Balaban J connectivity index is 2.73. The summed E-state index contributed by atoms with van der Waals surface area (Å²) in [6.07, 6.45) is 1.13. The van der Waals surface area contributed by atoms with E-state index in [9.17, 15) is 8.42 Å². The van der Waals surface area contributed by atoms with Crippen molar-refractivity contribution in [2.75, 3.05) is 25.7 Å². The molecule has 0 aliphatic heterocycles. The van der Waals surface area contributed by atoms with Crippen molar-refractivity contribution in [3.8, 4) is 11.5 Å². The van der Waals surface area contributed by atoms with Crippen LogP contribution in [-0.2, 0) is 9.84 Å². The van der Waals surface area contributed by atoms with E-state index in [4.69, 9.17) is 15.2 Å². The Labute approximate surface area is 121 Å². The number of methoxy groups -OCH3 is 2. The van der Waals surface area contributed by atoms with E-state index in [-0.39, 0.29) is 17.5 Å². The number of sulfone groups is 1. The van der Waals surface area contributed by atoms with Gasteiger partial charge in [-0.1, -0.05) is 6.92 Å². The van der Waals surface area contributed by atoms with Crippen molar-refractivity contribution in [1.29, 1.82) is 0 Å². The van der Waals surface area contributed by atoms with Crippen molar-refractivity contribution >= 4 is 9.84 Å². The second kappa shape index (κ2) is 7.50. The summed E-state index contributed by atoms with van der Waals surface area (Å²) >= 11 is 0. The lowest BCUT2D eigenvalue weighted by Gasteiger charge is -2.16. The Morgan fingerprint density at radius 1 is 1.25 bits per heavy atom. The molecule has 20 heavy (non-hydrogen) atoms. The van der Waals surface area contributed by atoms with Crippen molar-refractivity contribution in [1.82, 2.24) is 0 Å². The van der Waals surface area contributed by atoms with Crippen LogP contribution in [0.5, 0.6) is 11.5 Å². The van der Waals surface area contributed by atoms with Gasteiger partial charge < -0.3 is 15.2 Å². The highest BCUT2D eigenvalue weighted by molar-refractivity contribution is 7.91. The molecule has 114 valence electrons. The lowest BCUT2D eigenvalue weighted by molar-refractivity contribution is 0.394. The Bertz CT molecular complexity index is 528. The third kappa shape index (κ3) is 4.68. The molecule has 0 amide bonds. The van der Waals surface area contributed by atoms with E-state index < -0.39 is 9.84 Å². The maximum Gasteiger partial charge on any atom is 0.150 e. The van der Waals surface area contributed by atoms with E-state index in [1.54, 1.807) is 33.3 Å². The van der Waals surface area contributed by atoms with Crippen LogP contribution in [0.25, 0.3) is 0 Å². The van der Waals surface area contributed by atoms with E-state index >= 15 is 0 Å². The summed E-state index contributed by atoms with van der Waals surface area (Å²) in [7, 11) is 0.234. The van der Waals surface area contributed by atoms with Crippen molar-refractivity contribution in [2.24, 2.45) is 5.73 Å². The second-order valence-corrected chi connectivity index (χ2v) is 7.07. The minimum absolute atomic E-state index is 0.170. The van der Waals surface area contributed by atoms with E-state index in [2.05, 4.69) is 0 Å². The van der Waals surface area contributed by atoms with Gasteiger partial charge in [0, 0.05) is 17.4 Å². The third-order valence-electron chi connectivity index (χ3n) is 3.25. The number of hydrogen-bond donors (Lipinski definition) is 1. The van der Waals surface area contributed by atoms with Crippen LogP contribution in [0.1, 0.15) is 31.4 Å². The van der Waals surface area contributed by atoms with Crippen LogP contribution >= 0.6 is 0 Å². The Morgan fingerprint density at radius 2 is 1.95 bits per heavy atom. The molecule has 0 aliphatic rings. The van der Waals surface area contributed by atoms with Gasteiger partial charge in [0.15, 0.2) is 0 Å². The van der Waals surface area contributed by atoms with Crippen LogP contribution < -0.4 is 15.2 Å². The standard InChI is InChI=1S/C14H23NO4S/c1-4-20(16,17)9-5-6-13(15)12-10-11(18-2)7-8-14(12)19-3/h7-8,10,13H,4-6,9,15H2,1-3H3. The molecule has 1 aromatic rings. The van der Waals surface area contributed by atoms with Gasteiger partial charge in [-0.15, -0.1) is 0 Å². The van der Waals surface area contributed by atoms with Gasteiger partial charge in [-0.3, -0.25) is 0 Å². The second-order valence-electron chi connectivity index (χ2n) is 4.59. The van der Waals surface area contributed by atoms with E-state index in [1.165, 1.54) is 0 Å². The van der Waals surface area contributed by atoms with Crippen molar-refractivity contribution in [3.63, 3.8) is 0 Å². The zero-order valence-corrected chi connectivity index (χ0v) is 13.1. The van der Waals surface area contributed by atoms with Gasteiger partial charge in [-0.25, -0.2) is 8.42 Å². The molecule has 1 atom stereocenters. The number of ether oxygens (including phenoxy) is 2. The molecule has 1 unspecified atom stereocenters. The highest BCUT2D eigenvalue weighted by Crippen LogP contribution is 2.30. The normalized spacial score (nSPS) is 13.0. The van der Waals surface area contributed by atoms with E-state index in [1.807, 2.05) is 6.07 Å². The van der Waals surface area contributed by atoms with Crippen molar-refractivity contribution in [2.45, 2.75) is 25.8 Å². The summed E-state index contributed by atoms with van der Waals surface area (Å²) in [5, 5.41) is 0. The zero-order chi connectivity index (χ0) is 15.2. The first-order valence-electron chi connectivity index (χ1n) is 6.61. The lowest BCUT2D eigenvalue weighted by Crippen LogP contribution is -2.15. The van der Waals surface area contributed by atoms with E-state index in [0.29, 0.717) is 24.3 Å². The minimum atomic E-state index is -2.94. The van der Waals surface area contributed by atoms with Gasteiger partial charge in [-0.05, 0) is 31.0 Å². The van der Waals surface area contributed by atoms with Gasteiger partial charge in [0.25, 0.3) is 0 Å². The molecule has 1 rings (SSSR count). The smallest absolute Gasteiger partial charge is 0.150 e. The monoisotopic (exact) mass is 301 g/mol. The molecule has 6 heteroatoms. The van der Waals surface area contributed by atoms with Gasteiger partial charge in [-0.2, -0.15) is 0 Å². The van der Waals surface area contributed by atoms with Crippen LogP contribution in [0.4, 0.5) is 0 Å². The van der Waals surface area contributed by atoms with Crippen LogP contribution in [0.3, 0.4) is 0 Å². The fraction of sp³-hybridized carbons (Fsp3) is 0.571. The van der Waals surface area contributed by atoms with Gasteiger partial charge in [0.05, 0.1) is 20.0 Å². The molecule has 0 spiro atoms. The van der Waals surface area contributed by atoms with Crippen LogP contribution in [0, 0.1) is 0 Å². The molecule has 0 aromatic heterocycles. The molecule has 0 radical (unpaired) electrons. The van der Waals surface area contributed by atoms with Gasteiger partial charge >= 0.3 is 0 Å². The quantitative estimate of drug-likeness (QED) is 0.793. The predicted molar refractivity (Wildman–Crippen MR) is 80.0 cm³/mol. The minimum Gasteiger partial charge on any atom is -0.497 e. The van der Waals surface area contributed by atoms with Crippen molar-refractivity contribution in [3.05, 3.63) is 23.8 Å². The summed E-state index contributed by atoms with van der Waals surface area (Å²) in [6, 6.07) is 5.16. The first-order chi connectivity index (χ1) is 9.43. The molecule has 0 saturated carbocycles. The van der Waals surface area contributed by atoms with Crippen LogP contribution in [-0.4, -0.2) is 34.1 Å². The topological polar surface area (TPSA) is 78.6 Å². The predicted octanol–water partition coefficient (Wildman–Crippen LogP) is 1.92. The molecule has 2 N–H and O–H groups in total. The maximum absolute atomic E-state index is 11.5. The lowest BCUT2D eigenvalue weighted by atomic mass is 10.0. The molecule has 0 bridgehead atoms. The summed E-state index contributed by atoms with van der Waals surface area (Å²) < 4.78 is 33.4. The summed E-state index contributed by atoms with van der Waals surface area (Å²) in [6.45, 7) is 1.65. The van der Waals surface area contributed by atoms with Gasteiger partial charge in [0.1, 0.15) is 21.3 Å². The average Bonchev–Trinajstić information content (AvgIpc) is 2.46. The fourth-order valence-electron chi connectivity index (χ4n) is 1.95. The largest absolute Gasteiger partial charge is 0.497 e. The molecular weight excluding hydrogens is 278 g/mol. The molecule has 1 aromatic carbocycles. The fourth-order valence-corrected chi connectivity index (χ4v) is 2.85. The summed E-state index contributed by atoms with van der Waals surface area (Å²) in [5.41, 5.74) is 6.97. The molecular formula is C14H23NO4S. The van der Waals surface area contributed by atoms with Crippen molar-refractivity contribution < 1.29 is 17.9 Å². The first-order valence-corrected chi connectivity index (χ1v) is 8.43. The third-order valence-corrected chi connectivity index (χ3v) is 5.04. The average molecular weight is 301 g/mol. The molecule has 0 fully saturated rings. The highest BCUT2D eigenvalue weighted by atomic mass is 32.2. The Kier molecular flexibility index (Phi) is 6.29. The van der Waals surface area contributed by atoms with E-state index in [0.717, 1.165) is 5.56 Å². The van der Waals surface area contributed by atoms with Crippen LogP contribution in [0.2, 0.25) is 0 Å². The maximum atomic E-state index is 11.5. The molecule has 5 nitrogen and oxygen atoms in total. The zero-order valence-electron chi connectivity index (χ0n) is 12.3. The first kappa shape index (κ1) is 16.8. The Morgan fingerprint density at radius 3 is 2.50 bits per heavy atom.